The van der Waals surface area contributed by atoms with E-state index >= 15 is 0 Å². The van der Waals surface area contributed by atoms with Crippen LogP contribution in [0.2, 0.25) is 0 Å². The van der Waals surface area contributed by atoms with Crippen LogP contribution in [0.4, 0.5) is 5.69 Å². The van der Waals surface area contributed by atoms with Gasteiger partial charge in [0.15, 0.2) is 0 Å². The smallest absolute Gasteiger partial charge is 0.335 e. The molecule has 0 saturated carbocycles. The van der Waals surface area contributed by atoms with Gasteiger partial charge in [-0.2, -0.15) is 5.10 Å². The molecule has 0 spiro atoms. The Morgan fingerprint density at radius 1 is 0.935 bits per heavy atom. The lowest BCUT2D eigenvalue weighted by Gasteiger charge is -2.09. The Hall–Kier alpha value is -3.91. The van der Waals surface area contributed by atoms with E-state index < -0.39 is 16.0 Å². The zero-order chi connectivity index (χ0) is 21.8. The molecule has 0 fully saturated rings. The van der Waals surface area contributed by atoms with E-state index in [-0.39, 0.29) is 16.1 Å². The standard InChI is InChI=1S/C23H19N3O4S/c27-23(28)18-9-11-21(12-10-18)25-31(29,30)22-8-4-7-19(13-22)20-14-24-26(16-20)15-17-5-2-1-3-6-17/h1-14,16,25H,15H2,(H,27,28). The Kier molecular flexibility index (Phi) is 5.55. The van der Waals surface area contributed by atoms with Crippen molar-refractivity contribution in [3.05, 3.63) is 102 Å². The molecule has 0 aliphatic carbocycles. The van der Waals surface area contributed by atoms with Crippen LogP contribution in [-0.2, 0) is 16.6 Å². The molecule has 4 aromatic rings. The van der Waals surface area contributed by atoms with Crippen LogP contribution in [0.3, 0.4) is 0 Å². The molecule has 0 aliphatic heterocycles. The van der Waals surface area contributed by atoms with Crippen molar-refractivity contribution in [3.63, 3.8) is 0 Å². The highest BCUT2D eigenvalue weighted by molar-refractivity contribution is 7.92. The van der Waals surface area contributed by atoms with Gasteiger partial charge >= 0.3 is 5.97 Å². The number of hydrogen-bond donors (Lipinski definition) is 2. The van der Waals surface area contributed by atoms with E-state index in [9.17, 15) is 13.2 Å². The van der Waals surface area contributed by atoms with E-state index in [2.05, 4.69) is 9.82 Å². The maximum Gasteiger partial charge on any atom is 0.335 e. The number of carbonyl (C=O) groups is 1. The zero-order valence-electron chi connectivity index (χ0n) is 16.3. The monoisotopic (exact) mass is 433 g/mol. The number of carboxylic acids is 1. The topological polar surface area (TPSA) is 101 Å². The Morgan fingerprint density at radius 3 is 2.39 bits per heavy atom. The molecule has 0 aliphatic rings. The molecular weight excluding hydrogens is 414 g/mol. The van der Waals surface area contributed by atoms with Crippen LogP contribution in [0.25, 0.3) is 11.1 Å². The van der Waals surface area contributed by atoms with Crippen LogP contribution in [0.5, 0.6) is 0 Å². The summed E-state index contributed by atoms with van der Waals surface area (Å²) in [6.07, 6.45) is 3.57. The molecule has 0 amide bonds. The van der Waals surface area contributed by atoms with E-state index in [0.29, 0.717) is 6.54 Å². The van der Waals surface area contributed by atoms with Gasteiger partial charge in [0.1, 0.15) is 0 Å². The second-order valence-electron chi connectivity index (χ2n) is 6.93. The van der Waals surface area contributed by atoms with Gasteiger partial charge in [-0.25, -0.2) is 13.2 Å². The van der Waals surface area contributed by atoms with Gasteiger partial charge in [0.2, 0.25) is 0 Å². The number of sulfonamides is 1. The molecule has 1 heterocycles. The van der Waals surface area contributed by atoms with E-state index in [1.807, 2.05) is 42.6 Å². The molecule has 1 aromatic heterocycles. The van der Waals surface area contributed by atoms with Crippen molar-refractivity contribution in [2.75, 3.05) is 4.72 Å². The predicted molar refractivity (Wildman–Crippen MR) is 117 cm³/mol. The Bertz CT molecular complexity index is 1310. The minimum Gasteiger partial charge on any atom is -0.478 e. The quantitative estimate of drug-likeness (QED) is 0.457. The summed E-state index contributed by atoms with van der Waals surface area (Å²) in [7, 11) is -3.84. The largest absolute Gasteiger partial charge is 0.478 e. The summed E-state index contributed by atoms with van der Waals surface area (Å²) >= 11 is 0. The first-order chi connectivity index (χ1) is 14.9. The fourth-order valence-corrected chi connectivity index (χ4v) is 4.21. The minimum atomic E-state index is -3.84. The summed E-state index contributed by atoms with van der Waals surface area (Å²) in [6.45, 7) is 0.618. The first kappa shape index (κ1) is 20.4. The number of nitrogens with zero attached hydrogens (tertiary/aromatic N) is 2. The lowest BCUT2D eigenvalue weighted by atomic mass is 10.1. The number of aromatic carboxylic acids is 1. The molecule has 0 bridgehead atoms. The first-order valence-corrected chi connectivity index (χ1v) is 10.9. The van der Waals surface area contributed by atoms with Crippen molar-refractivity contribution in [2.24, 2.45) is 0 Å². The van der Waals surface area contributed by atoms with Crippen LogP contribution < -0.4 is 4.72 Å². The maximum atomic E-state index is 12.8. The number of benzene rings is 3. The van der Waals surface area contributed by atoms with Crippen LogP contribution in [-0.4, -0.2) is 29.3 Å². The SMILES string of the molecule is O=C(O)c1ccc(NS(=O)(=O)c2cccc(-c3cnn(Cc4ccccc4)c3)c2)cc1. The molecule has 156 valence electrons. The zero-order valence-corrected chi connectivity index (χ0v) is 17.2. The average Bonchev–Trinajstić information content (AvgIpc) is 3.23. The summed E-state index contributed by atoms with van der Waals surface area (Å²) < 4.78 is 29.9. The third-order valence-corrected chi connectivity index (χ3v) is 6.06. The number of nitrogens with one attached hydrogen (secondary N) is 1. The molecule has 0 atom stereocenters. The van der Waals surface area contributed by atoms with Crippen LogP contribution in [0, 0.1) is 0 Å². The number of aromatic nitrogens is 2. The van der Waals surface area contributed by atoms with Gasteiger partial charge in [-0.1, -0.05) is 42.5 Å². The molecule has 2 N–H and O–H groups in total. The maximum absolute atomic E-state index is 12.8. The molecule has 0 unspecified atom stereocenters. The van der Waals surface area contributed by atoms with Crippen molar-refractivity contribution in [2.45, 2.75) is 11.4 Å². The van der Waals surface area contributed by atoms with Gasteiger partial charge in [-0.3, -0.25) is 9.40 Å². The second kappa shape index (κ2) is 8.45. The molecule has 8 heteroatoms. The molecule has 0 radical (unpaired) electrons. The predicted octanol–water partition coefficient (Wildman–Crippen LogP) is 4.10. The fourth-order valence-electron chi connectivity index (χ4n) is 3.11. The van der Waals surface area contributed by atoms with Crippen molar-refractivity contribution < 1.29 is 18.3 Å². The van der Waals surface area contributed by atoms with E-state index in [1.165, 1.54) is 30.3 Å². The van der Waals surface area contributed by atoms with Gasteiger partial charge in [0.25, 0.3) is 10.0 Å². The van der Waals surface area contributed by atoms with Gasteiger partial charge in [0.05, 0.1) is 23.2 Å². The lowest BCUT2D eigenvalue weighted by molar-refractivity contribution is 0.0697. The first-order valence-electron chi connectivity index (χ1n) is 9.44. The number of rotatable bonds is 7. The third kappa shape index (κ3) is 4.81. The molecule has 3 aromatic carbocycles. The Morgan fingerprint density at radius 2 is 1.68 bits per heavy atom. The van der Waals surface area contributed by atoms with Crippen molar-refractivity contribution >= 4 is 21.7 Å². The van der Waals surface area contributed by atoms with Crippen molar-refractivity contribution in [1.82, 2.24) is 9.78 Å². The van der Waals surface area contributed by atoms with Crippen molar-refractivity contribution in [1.29, 1.82) is 0 Å². The second-order valence-corrected chi connectivity index (χ2v) is 8.61. The van der Waals surface area contributed by atoms with E-state index in [4.69, 9.17) is 5.11 Å². The molecule has 0 saturated heterocycles. The highest BCUT2D eigenvalue weighted by Gasteiger charge is 2.16. The Labute approximate surface area is 179 Å². The summed E-state index contributed by atoms with van der Waals surface area (Å²) in [6, 6.07) is 22.0. The number of anilines is 1. The average molecular weight is 433 g/mol. The molecule has 31 heavy (non-hydrogen) atoms. The van der Waals surface area contributed by atoms with Crippen LogP contribution in [0.15, 0.2) is 96.2 Å². The van der Waals surface area contributed by atoms with Gasteiger partial charge in [-0.05, 0) is 47.5 Å². The third-order valence-electron chi connectivity index (χ3n) is 4.68. The summed E-state index contributed by atoms with van der Waals surface area (Å²) in [5.41, 5.74) is 3.01. The van der Waals surface area contributed by atoms with Gasteiger partial charge in [-0.15, -0.1) is 0 Å². The number of hydrogen-bond acceptors (Lipinski definition) is 4. The van der Waals surface area contributed by atoms with Gasteiger partial charge < -0.3 is 5.11 Å². The highest BCUT2D eigenvalue weighted by Crippen LogP contribution is 2.24. The fraction of sp³-hybridized carbons (Fsp3) is 0.0435. The molecule has 7 nitrogen and oxygen atoms in total. The van der Waals surface area contributed by atoms with Crippen LogP contribution >= 0.6 is 0 Å². The summed E-state index contributed by atoms with van der Waals surface area (Å²) in [5.74, 6) is -1.07. The summed E-state index contributed by atoms with van der Waals surface area (Å²) in [4.78, 5) is 11.0. The van der Waals surface area contributed by atoms with E-state index in [0.717, 1.165) is 16.7 Å². The minimum absolute atomic E-state index is 0.0810. The Balaban J connectivity index is 1.54. The number of carboxylic acid groups (broad SMARTS) is 1. The van der Waals surface area contributed by atoms with Crippen molar-refractivity contribution in [3.8, 4) is 11.1 Å². The van der Waals surface area contributed by atoms with Gasteiger partial charge in [0, 0.05) is 17.4 Å². The van der Waals surface area contributed by atoms with E-state index in [1.54, 1.807) is 23.0 Å². The molecular formula is C23H19N3O4S. The lowest BCUT2D eigenvalue weighted by Crippen LogP contribution is -2.13. The highest BCUT2D eigenvalue weighted by atomic mass is 32.2. The normalized spacial score (nSPS) is 11.2. The summed E-state index contributed by atoms with van der Waals surface area (Å²) in [5, 5.41) is 13.3. The van der Waals surface area contributed by atoms with Crippen LogP contribution in [0.1, 0.15) is 15.9 Å². The molecule has 4 rings (SSSR count).